The van der Waals surface area contributed by atoms with Crippen LogP contribution in [0.3, 0.4) is 0 Å². The average Bonchev–Trinajstić information content (AvgIpc) is 2.15. The molecule has 3 heteroatoms. The summed E-state index contributed by atoms with van der Waals surface area (Å²) in [7, 11) is 0. The lowest BCUT2D eigenvalue weighted by molar-refractivity contribution is 0.280. The molecule has 1 unspecified atom stereocenters. The van der Waals surface area contributed by atoms with Crippen LogP contribution >= 0.6 is 23.2 Å². The Labute approximate surface area is 93.0 Å². The monoisotopic (exact) mass is 226 g/mol. The van der Waals surface area contributed by atoms with Crippen LogP contribution in [-0.2, 0) is 0 Å². The Kier molecular flexibility index (Phi) is 4.55. The predicted molar refractivity (Wildman–Crippen MR) is 59.1 cm³/mol. The largest absolute Gasteiger partial charge is 0.377 e. The lowest BCUT2D eigenvalue weighted by Crippen LogP contribution is -1.96. The van der Waals surface area contributed by atoms with Crippen LogP contribution in [0, 0.1) is 11.8 Å². The van der Waals surface area contributed by atoms with Crippen molar-refractivity contribution in [2.75, 3.05) is 0 Å². The Balaban J connectivity index is 2.69. The molecule has 1 atom stereocenters. The van der Waals surface area contributed by atoms with Gasteiger partial charge in [0.25, 0.3) is 0 Å². The van der Waals surface area contributed by atoms with E-state index in [-0.39, 0.29) is 4.49 Å². The molecule has 0 fully saturated rings. The minimum absolute atomic E-state index is 0.0138. The summed E-state index contributed by atoms with van der Waals surface area (Å²) in [5.41, 5.74) is 0.839. The summed E-state index contributed by atoms with van der Waals surface area (Å²) in [6, 6.07) is 9.36. The molecule has 1 aromatic rings. The number of hydrogen-bond donors (Lipinski definition) is 1. The minimum atomic E-state index is -0.930. The van der Waals surface area contributed by atoms with Crippen molar-refractivity contribution in [2.24, 2.45) is 0 Å². The van der Waals surface area contributed by atoms with E-state index in [4.69, 9.17) is 23.2 Å². The van der Waals surface area contributed by atoms with Crippen LogP contribution in [0.5, 0.6) is 0 Å². The van der Waals surface area contributed by atoms with Gasteiger partial charge in [0, 0.05) is 5.56 Å². The smallest absolute Gasteiger partial charge is 0.136 e. The Morgan fingerprint density at radius 1 is 1.29 bits per heavy atom. The molecule has 1 aromatic carbocycles. The van der Waals surface area contributed by atoms with E-state index in [9.17, 15) is 5.11 Å². The molecule has 0 saturated carbocycles. The van der Waals surface area contributed by atoms with E-state index in [0.717, 1.165) is 5.56 Å². The fourth-order valence-corrected chi connectivity index (χ4v) is 1.08. The predicted octanol–water partition coefficient (Wildman–Crippen LogP) is 2.72. The first-order valence-corrected chi connectivity index (χ1v) is 4.71. The molecule has 0 aliphatic rings. The van der Waals surface area contributed by atoms with Crippen molar-refractivity contribution in [1.82, 2.24) is 0 Å². The molecule has 0 heterocycles. The maximum atomic E-state index is 9.26. The van der Waals surface area contributed by atoms with Gasteiger partial charge in [-0.1, -0.05) is 53.2 Å². The van der Waals surface area contributed by atoms with Crippen LogP contribution in [0.15, 0.2) is 40.9 Å². The van der Waals surface area contributed by atoms with Crippen molar-refractivity contribution in [1.29, 1.82) is 0 Å². The van der Waals surface area contributed by atoms with Crippen molar-refractivity contribution in [3.8, 4) is 11.8 Å². The molecular formula is C11H8Cl2O. The summed E-state index contributed by atoms with van der Waals surface area (Å²) in [4.78, 5) is 0. The van der Waals surface area contributed by atoms with Crippen molar-refractivity contribution in [2.45, 2.75) is 6.10 Å². The summed E-state index contributed by atoms with van der Waals surface area (Å²) < 4.78 is 0.0138. The number of aliphatic hydroxyl groups excluding tert-OH is 1. The quantitative estimate of drug-likeness (QED) is 0.731. The third-order valence-corrected chi connectivity index (χ3v) is 1.67. The third-order valence-electron chi connectivity index (χ3n) is 1.42. The van der Waals surface area contributed by atoms with Gasteiger partial charge in [0.05, 0.1) is 0 Å². The van der Waals surface area contributed by atoms with Crippen molar-refractivity contribution in [3.63, 3.8) is 0 Å². The molecule has 1 N–H and O–H groups in total. The molecule has 1 rings (SSSR count). The molecule has 0 aliphatic carbocycles. The number of rotatable bonds is 1. The second-order valence-corrected chi connectivity index (χ2v) is 3.54. The standard InChI is InChI=1S/C11H8Cl2O/c12-11(13)8-10(14)7-6-9-4-2-1-3-5-9/h1-5,8,10,14H. The second kappa shape index (κ2) is 5.72. The van der Waals surface area contributed by atoms with Gasteiger partial charge >= 0.3 is 0 Å². The average molecular weight is 227 g/mol. The van der Waals surface area contributed by atoms with Crippen molar-refractivity contribution >= 4 is 23.2 Å². The fraction of sp³-hybridized carbons (Fsp3) is 0.0909. The van der Waals surface area contributed by atoms with Gasteiger partial charge < -0.3 is 5.11 Å². The Morgan fingerprint density at radius 3 is 2.50 bits per heavy atom. The van der Waals surface area contributed by atoms with Gasteiger partial charge in [-0.05, 0) is 18.2 Å². The normalized spacial score (nSPS) is 11.1. The van der Waals surface area contributed by atoms with Gasteiger partial charge in [0.15, 0.2) is 0 Å². The van der Waals surface area contributed by atoms with Gasteiger partial charge in [0.1, 0.15) is 10.6 Å². The first-order chi connectivity index (χ1) is 6.68. The first kappa shape index (κ1) is 11.1. The van der Waals surface area contributed by atoms with Crippen molar-refractivity contribution in [3.05, 3.63) is 46.5 Å². The highest BCUT2D eigenvalue weighted by Gasteiger charge is 1.93. The number of aliphatic hydroxyl groups is 1. The van der Waals surface area contributed by atoms with Crippen LogP contribution < -0.4 is 0 Å². The number of halogens is 2. The highest BCUT2D eigenvalue weighted by Crippen LogP contribution is 2.07. The summed E-state index contributed by atoms with van der Waals surface area (Å²) in [5.74, 6) is 5.38. The van der Waals surface area contributed by atoms with Gasteiger partial charge in [0.2, 0.25) is 0 Å². The van der Waals surface area contributed by atoms with Gasteiger partial charge in [-0.25, -0.2) is 0 Å². The highest BCUT2D eigenvalue weighted by molar-refractivity contribution is 6.55. The summed E-state index contributed by atoms with van der Waals surface area (Å²) >= 11 is 10.7. The number of hydrogen-bond acceptors (Lipinski definition) is 1. The molecule has 0 radical (unpaired) electrons. The topological polar surface area (TPSA) is 20.2 Å². The van der Waals surface area contributed by atoms with Gasteiger partial charge in [-0.2, -0.15) is 0 Å². The molecule has 0 saturated heterocycles. The molecule has 72 valence electrons. The molecule has 0 spiro atoms. The maximum absolute atomic E-state index is 9.26. The van der Waals surface area contributed by atoms with E-state index in [1.165, 1.54) is 6.08 Å². The van der Waals surface area contributed by atoms with Crippen LogP contribution in [0.1, 0.15) is 5.56 Å². The zero-order chi connectivity index (χ0) is 10.4. The lowest BCUT2D eigenvalue weighted by atomic mass is 10.2. The highest BCUT2D eigenvalue weighted by atomic mass is 35.5. The van der Waals surface area contributed by atoms with E-state index in [0.29, 0.717) is 0 Å². The third kappa shape index (κ3) is 4.34. The molecule has 0 aliphatic heterocycles. The van der Waals surface area contributed by atoms with Crippen LogP contribution in [0.4, 0.5) is 0 Å². The molecule has 0 aromatic heterocycles. The van der Waals surface area contributed by atoms with Crippen molar-refractivity contribution < 1.29 is 5.11 Å². The zero-order valence-corrected chi connectivity index (χ0v) is 8.76. The second-order valence-electron chi connectivity index (χ2n) is 2.54. The molecular weight excluding hydrogens is 219 g/mol. The summed E-state index contributed by atoms with van der Waals surface area (Å²) in [6.07, 6.45) is 0.333. The van der Waals surface area contributed by atoms with Gasteiger partial charge in [-0.3, -0.25) is 0 Å². The Hall–Kier alpha value is -0.940. The number of benzene rings is 1. The zero-order valence-electron chi connectivity index (χ0n) is 7.24. The molecule has 0 bridgehead atoms. The summed E-state index contributed by atoms with van der Waals surface area (Å²) in [5, 5.41) is 9.26. The van der Waals surface area contributed by atoms with E-state index in [2.05, 4.69) is 11.8 Å². The maximum Gasteiger partial charge on any atom is 0.136 e. The van der Waals surface area contributed by atoms with E-state index < -0.39 is 6.10 Å². The first-order valence-electron chi connectivity index (χ1n) is 3.96. The van der Waals surface area contributed by atoms with Crippen LogP contribution in [-0.4, -0.2) is 11.2 Å². The minimum Gasteiger partial charge on any atom is -0.377 e. The van der Waals surface area contributed by atoms with E-state index in [1.54, 1.807) is 0 Å². The Bertz CT molecular complexity index is 369. The molecule has 0 amide bonds. The van der Waals surface area contributed by atoms with E-state index in [1.807, 2.05) is 30.3 Å². The van der Waals surface area contributed by atoms with E-state index >= 15 is 0 Å². The molecule has 1 nitrogen and oxygen atoms in total. The van der Waals surface area contributed by atoms with Crippen LogP contribution in [0.2, 0.25) is 0 Å². The summed E-state index contributed by atoms with van der Waals surface area (Å²) in [6.45, 7) is 0. The SMILES string of the molecule is OC(C#Cc1ccccc1)C=C(Cl)Cl. The lowest BCUT2D eigenvalue weighted by Gasteiger charge is -1.92. The molecule has 14 heavy (non-hydrogen) atoms. The Morgan fingerprint density at radius 2 is 1.93 bits per heavy atom. The van der Waals surface area contributed by atoms with Gasteiger partial charge in [-0.15, -0.1) is 0 Å². The fourth-order valence-electron chi connectivity index (χ4n) is 0.840. The van der Waals surface area contributed by atoms with Crippen LogP contribution in [0.25, 0.3) is 0 Å².